The first-order chi connectivity index (χ1) is 10.3. The molecule has 0 bridgehead atoms. The molecule has 2 rings (SSSR count). The van der Waals surface area contributed by atoms with E-state index in [1.165, 1.54) is 42.4 Å². The monoisotopic (exact) mass is 281 g/mol. The largest absolute Gasteiger partial charge is 0.324 e. The average Bonchev–Trinajstić information content (AvgIpc) is 2.55. The van der Waals surface area contributed by atoms with Crippen molar-refractivity contribution in [1.82, 2.24) is 0 Å². The minimum Gasteiger partial charge on any atom is -0.324 e. The van der Waals surface area contributed by atoms with Crippen LogP contribution in [0.3, 0.4) is 0 Å². The van der Waals surface area contributed by atoms with Gasteiger partial charge in [0.15, 0.2) is 0 Å². The summed E-state index contributed by atoms with van der Waals surface area (Å²) in [4.78, 5) is 0. The lowest BCUT2D eigenvalue weighted by molar-refractivity contribution is 0.369. The van der Waals surface area contributed by atoms with Crippen molar-refractivity contribution in [3.8, 4) is 11.1 Å². The predicted molar refractivity (Wildman–Crippen MR) is 92.1 cm³/mol. The van der Waals surface area contributed by atoms with E-state index in [1.54, 1.807) is 0 Å². The minimum atomic E-state index is 0.162. The van der Waals surface area contributed by atoms with Gasteiger partial charge >= 0.3 is 0 Å². The Morgan fingerprint density at radius 3 is 1.81 bits per heavy atom. The fourth-order valence-electron chi connectivity index (χ4n) is 3.05. The van der Waals surface area contributed by atoms with Gasteiger partial charge in [0.2, 0.25) is 0 Å². The molecular weight excluding hydrogens is 254 g/mol. The number of nitrogens with two attached hydrogens (primary N) is 1. The zero-order valence-electron chi connectivity index (χ0n) is 13.3. The van der Waals surface area contributed by atoms with Crippen molar-refractivity contribution in [3.63, 3.8) is 0 Å². The molecule has 21 heavy (non-hydrogen) atoms. The highest BCUT2D eigenvalue weighted by atomic mass is 14.6. The van der Waals surface area contributed by atoms with Crippen LogP contribution in [-0.4, -0.2) is 0 Å². The quantitative estimate of drug-likeness (QED) is 0.705. The zero-order valence-corrected chi connectivity index (χ0v) is 13.3. The van der Waals surface area contributed by atoms with E-state index in [0.717, 1.165) is 0 Å². The third-order valence-electron chi connectivity index (χ3n) is 4.23. The summed E-state index contributed by atoms with van der Waals surface area (Å²) in [6.45, 7) is 4.49. The Hall–Kier alpha value is -1.60. The van der Waals surface area contributed by atoms with E-state index in [1.807, 2.05) is 6.07 Å². The topological polar surface area (TPSA) is 26.0 Å². The maximum atomic E-state index is 6.50. The Balaban J connectivity index is 2.14. The van der Waals surface area contributed by atoms with Gasteiger partial charge in [-0.15, -0.1) is 0 Å². The molecule has 2 aromatic rings. The van der Waals surface area contributed by atoms with Crippen LogP contribution >= 0.6 is 0 Å². The lowest BCUT2D eigenvalue weighted by Crippen LogP contribution is -2.21. The van der Waals surface area contributed by atoms with E-state index in [4.69, 9.17) is 5.73 Å². The van der Waals surface area contributed by atoms with Gasteiger partial charge in [-0.05, 0) is 35.4 Å². The summed E-state index contributed by atoms with van der Waals surface area (Å²) in [5.41, 5.74) is 10.3. The van der Waals surface area contributed by atoms with Crippen molar-refractivity contribution in [3.05, 3.63) is 60.2 Å². The smallest absolute Gasteiger partial charge is 0.0323 e. The first-order valence-electron chi connectivity index (χ1n) is 8.17. The Morgan fingerprint density at radius 2 is 1.29 bits per heavy atom. The molecule has 2 N–H and O–H groups in total. The fourth-order valence-corrected chi connectivity index (χ4v) is 3.05. The van der Waals surface area contributed by atoms with E-state index in [-0.39, 0.29) is 6.04 Å². The summed E-state index contributed by atoms with van der Waals surface area (Å²) in [6, 6.07) is 19.4. The number of hydrogen-bond acceptors (Lipinski definition) is 1. The molecule has 112 valence electrons. The molecule has 0 heterocycles. The lowest BCUT2D eigenvalue weighted by Gasteiger charge is -2.23. The van der Waals surface area contributed by atoms with E-state index in [9.17, 15) is 0 Å². The number of benzene rings is 2. The first kappa shape index (κ1) is 15.8. The molecule has 0 saturated heterocycles. The van der Waals surface area contributed by atoms with Gasteiger partial charge in [0.25, 0.3) is 0 Å². The Kier molecular flexibility index (Phi) is 6.01. The fraction of sp³-hybridized carbons (Fsp3) is 0.400. The molecule has 1 unspecified atom stereocenters. The van der Waals surface area contributed by atoms with Gasteiger partial charge in [-0.3, -0.25) is 0 Å². The van der Waals surface area contributed by atoms with Crippen molar-refractivity contribution in [2.75, 3.05) is 0 Å². The second kappa shape index (κ2) is 7.99. The molecule has 0 saturated carbocycles. The molecule has 2 aromatic carbocycles. The van der Waals surface area contributed by atoms with Crippen molar-refractivity contribution >= 4 is 0 Å². The lowest BCUT2D eigenvalue weighted by atomic mass is 9.86. The predicted octanol–water partition coefficient (Wildman–Crippen LogP) is 5.57. The van der Waals surface area contributed by atoms with Gasteiger partial charge in [-0.25, -0.2) is 0 Å². The zero-order chi connectivity index (χ0) is 15.1. The molecule has 0 aromatic heterocycles. The normalized spacial score (nSPS) is 12.6. The molecule has 0 amide bonds. The van der Waals surface area contributed by atoms with Crippen LogP contribution in [-0.2, 0) is 0 Å². The standard InChI is InChI=1S/C20H27N/c1-3-8-18(9-4-2)20(21)19-14-12-17(13-15-19)16-10-6-5-7-11-16/h5-7,10-15,18,20H,3-4,8-9,21H2,1-2H3. The van der Waals surface area contributed by atoms with Crippen molar-refractivity contribution in [2.24, 2.45) is 11.7 Å². The van der Waals surface area contributed by atoms with Crippen LogP contribution in [0.4, 0.5) is 0 Å². The Morgan fingerprint density at radius 1 is 0.762 bits per heavy atom. The van der Waals surface area contributed by atoms with Gasteiger partial charge in [-0.1, -0.05) is 81.3 Å². The van der Waals surface area contributed by atoms with Crippen LogP contribution < -0.4 is 5.73 Å². The summed E-state index contributed by atoms with van der Waals surface area (Å²) in [5.74, 6) is 0.600. The average molecular weight is 281 g/mol. The van der Waals surface area contributed by atoms with E-state index < -0.39 is 0 Å². The summed E-state index contributed by atoms with van der Waals surface area (Å²) in [7, 11) is 0. The molecule has 0 aliphatic carbocycles. The molecule has 0 aliphatic heterocycles. The highest BCUT2D eigenvalue weighted by Gasteiger charge is 2.17. The second-order valence-electron chi connectivity index (χ2n) is 5.85. The summed E-state index contributed by atoms with van der Waals surface area (Å²) in [6.07, 6.45) is 4.85. The summed E-state index contributed by atoms with van der Waals surface area (Å²) in [5, 5.41) is 0. The molecule has 1 atom stereocenters. The molecule has 0 spiro atoms. The SMILES string of the molecule is CCCC(CCC)C(N)c1ccc(-c2ccccc2)cc1. The summed E-state index contributed by atoms with van der Waals surface area (Å²) < 4.78 is 0. The molecular formula is C20H27N. The molecule has 1 nitrogen and oxygen atoms in total. The molecule has 0 aliphatic rings. The van der Waals surface area contributed by atoms with Gasteiger partial charge in [0.1, 0.15) is 0 Å². The molecule has 1 heteroatoms. The highest BCUT2D eigenvalue weighted by Crippen LogP contribution is 2.29. The number of hydrogen-bond donors (Lipinski definition) is 1. The summed E-state index contributed by atoms with van der Waals surface area (Å²) >= 11 is 0. The van der Waals surface area contributed by atoms with Gasteiger partial charge in [0.05, 0.1) is 0 Å². The number of rotatable bonds is 7. The van der Waals surface area contributed by atoms with Gasteiger partial charge < -0.3 is 5.73 Å². The van der Waals surface area contributed by atoms with Gasteiger partial charge in [0, 0.05) is 6.04 Å². The van der Waals surface area contributed by atoms with Gasteiger partial charge in [-0.2, -0.15) is 0 Å². The van der Waals surface area contributed by atoms with Crippen LogP contribution in [0.15, 0.2) is 54.6 Å². The third-order valence-corrected chi connectivity index (χ3v) is 4.23. The maximum Gasteiger partial charge on any atom is 0.0323 e. The third kappa shape index (κ3) is 4.18. The van der Waals surface area contributed by atoms with Crippen LogP contribution in [0.1, 0.15) is 51.1 Å². The van der Waals surface area contributed by atoms with Crippen molar-refractivity contribution in [2.45, 2.75) is 45.6 Å². The second-order valence-corrected chi connectivity index (χ2v) is 5.85. The van der Waals surface area contributed by atoms with Crippen LogP contribution in [0.5, 0.6) is 0 Å². The van der Waals surface area contributed by atoms with Crippen molar-refractivity contribution < 1.29 is 0 Å². The minimum absolute atomic E-state index is 0.162. The first-order valence-corrected chi connectivity index (χ1v) is 8.17. The highest BCUT2D eigenvalue weighted by molar-refractivity contribution is 5.63. The molecule has 0 radical (unpaired) electrons. The Labute approximate surface area is 129 Å². The van der Waals surface area contributed by atoms with E-state index in [2.05, 4.69) is 62.4 Å². The van der Waals surface area contributed by atoms with Crippen LogP contribution in [0.2, 0.25) is 0 Å². The Bertz CT molecular complexity index is 509. The van der Waals surface area contributed by atoms with Crippen LogP contribution in [0, 0.1) is 5.92 Å². The van der Waals surface area contributed by atoms with Crippen molar-refractivity contribution in [1.29, 1.82) is 0 Å². The van der Waals surface area contributed by atoms with E-state index in [0.29, 0.717) is 5.92 Å². The van der Waals surface area contributed by atoms with E-state index >= 15 is 0 Å². The maximum absolute atomic E-state index is 6.50. The van der Waals surface area contributed by atoms with Crippen LogP contribution in [0.25, 0.3) is 11.1 Å². The molecule has 0 fully saturated rings.